The maximum absolute atomic E-state index is 13.3. The van der Waals surface area contributed by atoms with Crippen LogP contribution < -0.4 is 26.4 Å². The Labute approximate surface area is 245 Å². The van der Waals surface area contributed by atoms with Crippen LogP contribution in [0.25, 0.3) is 16.5 Å². The highest BCUT2D eigenvalue weighted by Crippen LogP contribution is 2.32. The SMILES string of the molecule is Cc1ccc(-n2nc(C(C)(C)C)cc2NC(=O)Nc2ccc(OCCC3CNCCO3)c3ccccc23)cc1C(N)=O. The second-order valence-corrected chi connectivity index (χ2v) is 11.5. The third kappa shape index (κ3) is 6.56. The molecule has 42 heavy (non-hydrogen) atoms. The van der Waals surface area contributed by atoms with Gasteiger partial charge in [0.1, 0.15) is 11.6 Å². The highest BCUT2D eigenvalue weighted by Gasteiger charge is 2.22. The molecular weight excluding hydrogens is 532 g/mol. The lowest BCUT2D eigenvalue weighted by molar-refractivity contribution is 0.0160. The number of benzene rings is 3. The Morgan fingerprint density at radius 1 is 1.10 bits per heavy atom. The van der Waals surface area contributed by atoms with Crippen molar-refractivity contribution < 1.29 is 19.1 Å². The van der Waals surface area contributed by atoms with Crippen molar-refractivity contribution in [1.82, 2.24) is 15.1 Å². The van der Waals surface area contributed by atoms with Crippen LogP contribution >= 0.6 is 0 Å². The number of nitrogens with two attached hydrogens (primary N) is 1. The topological polar surface area (TPSA) is 133 Å². The number of carbonyl (C=O) groups excluding carboxylic acids is 2. The average molecular weight is 571 g/mol. The fourth-order valence-electron chi connectivity index (χ4n) is 4.92. The lowest BCUT2D eigenvalue weighted by Crippen LogP contribution is -2.39. The minimum absolute atomic E-state index is 0.143. The summed E-state index contributed by atoms with van der Waals surface area (Å²) in [6.45, 7) is 10.9. The van der Waals surface area contributed by atoms with Crippen LogP contribution in [0.5, 0.6) is 5.75 Å². The number of ether oxygens (including phenoxy) is 2. The van der Waals surface area contributed by atoms with Gasteiger partial charge in [-0.1, -0.05) is 51.1 Å². The van der Waals surface area contributed by atoms with E-state index < -0.39 is 11.9 Å². The predicted octanol–water partition coefficient (Wildman–Crippen LogP) is 5.13. The summed E-state index contributed by atoms with van der Waals surface area (Å²) >= 11 is 0. The van der Waals surface area contributed by atoms with Gasteiger partial charge in [-0.3, -0.25) is 10.1 Å². The van der Waals surface area contributed by atoms with Crippen LogP contribution in [0.4, 0.5) is 16.3 Å². The number of hydrogen-bond acceptors (Lipinski definition) is 6. The number of morpholine rings is 1. The van der Waals surface area contributed by atoms with Crippen molar-refractivity contribution in [3.8, 4) is 11.4 Å². The van der Waals surface area contributed by atoms with Gasteiger partial charge >= 0.3 is 6.03 Å². The molecule has 0 aliphatic carbocycles. The number of nitrogens with one attached hydrogen (secondary N) is 3. The molecule has 2 heterocycles. The summed E-state index contributed by atoms with van der Waals surface area (Å²) in [5, 5.41) is 15.8. The van der Waals surface area contributed by atoms with Gasteiger partial charge in [0.05, 0.1) is 36.4 Å². The Kier molecular flexibility index (Phi) is 8.46. The smallest absolute Gasteiger partial charge is 0.324 e. The van der Waals surface area contributed by atoms with E-state index >= 15 is 0 Å². The first-order chi connectivity index (χ1) is 20.1. The van der Waals surface area contributed by atoms with E-state index in [1.54, 1.807) is 10.7 Å². The first kappa shape index (κ1) is 29.1. The van der Waals surface area contributed by atoms with Crippen molar-refractivity contribution in [3.63, 3.8) is 0 Å². The summed E-state index contributed by atoms with van der Waals surface area (Å²) in [7, 11) is 0. The number of aromatic nitrogens is 2. The van der Waals surface area contributed by atoms with Crippen LogP contribution in [0.2, 0.25) is 0 Å². The van der Waals surface area contributed by atoms with Gasteiger partial charge in [0.15, 0.2) is 0 Å². The second-order valence-electron chi connectivity index (χ2n) is 11.5. The number of amides is 3. The molecule has 220 valence electrons. The average Bonchev–Trinajstić information content (AvgIpc) is 3.39. The number of aryl methyl sites for hydroxylation is 1. The van der Waals surface area contributed by atoms with Crippen LogP contribution in [-0.4, -0.2) is 54.1 Å². The van der Waals surface area contributed by atoms with Gasteiger partial charge in [-0.25, -0.2) is 9.48 Å². The third-order valence-corrected chi connectivity index (χ3v) is 7.28. The van der Waals surface area contributed by atoms with Gasteiger partial charge in [-0.2, -0.15) is 5.10 Å². The van der Waals surface area contributed by atoms with E-state index in [2.05, 4.69) is 16.0 Å². The summed E-state index contributed by atoms with van der Waals surface area (Å²) in [6, 6.07) is 18.3. The van der Waals surface area contributed by atoms with E-state index in [9.17, 15) is 9.59 Å². The van der Waals surface area contributed by atoms with Crippen molar-refractivity contribution in [2.75, 3.05) is 36.9 Å². The van der Waals surface area contributed by atoms with E-state index in [1.807, 2.05) is 82.3 Å². The third-order valence-electron chi connectivity index (χ3n) is 7.28. The molecule has 1 aromatic heterocycles. The number of carbonyl (C=O) groups is 2. The van der Waals surface area contributed by atoms with Crippen molar-refractivity contribution in [1.29, 1.82) is 0 Å². The molecule has 10 nitrogen and oxygen atoms in total. The zero-order valence-electron chi connectivity index (χ0n) is 24.5. The molecule has 4 aromatic rings. The fourth-order valence-corrected chi connectivity index (χ4v) is 4.92. The predicted molar refractivity (Wildman–Crippen MR) is 165 cm³/mol. The van der Waals surface area contributed by atoms with Crippen LogP contribution in [0.15, 0.2) is 60.7 Å². The number of rotatable bonds is 8. The summed E-state index contributed by atoms with van der Waals surface area (Å²) in [5.41, 5.74) is 8.51. The van der Waals surface area contributed by atoms with Gasteiger partial charge in [-0.05, 0) is 36.8 Å². The fraction of sp³-hybridized carbons (Fsp3) is 0.344. The second kappa shape index (κ2) is 12.2. The summed E-state index contributed by atoms with van der Waals surface area (Å²) < 4.78 is 13.5. The van der Waals surface area contributed by atoms with Crippen LogP contribution in [-0.2, 0) is 10.2 Å². The van der Waals surface area contributed by atoms with Gasteiger partial charge in [-0.15, -0.1) is 0 Å². The highest BCUT2D eigenvalue weighted by molar-refractivity contribution is 6.07. The Bertz CT molecular complexity index is 1600. The van der Waals surface area contributed by atoms with Crippen molar-refractivity contribution >= 4 is 34.2 Å². The molecule has 0 bridgehead atoms. The molecule has 1 aliphatic heterocycles. The molecule has 1 unspecified atom stereocenters. The van der Waals surface area contributed by atoms with Gasteiger partial charge in [0.25, 0.3) is 0 Å². The minimum Gasteiger partial charge on any atom is -0.493 e. The van der Waals surface area contributed by atoms with Gasteiger partial charge in [0, 0.05) is 47.3 Å². The molecular formula is C32H38N6O4. The minimum atomic E-state index is -0.525. The Morgan fingerprint density at radius 2 is 1.88 bits per heavy atom. The largest absolute Gasteiger partial charge is 0.493 e. The molecule has 0 radical (unpaired) electrons. The number of hydrogen-bond donors (Lipinski definition) is 4. The molecule has 3 amide bonds. The van der Waals surface area contributed by atoms with Crippen molar-refractivity contribution in [3.05, 3.63) is 77.5 Å². The summed E-state index contributed by atoms with van der Waals surface area (Å²) in [4.78, 5) is 25.3. The summed E-state index contributed by atoms with van der Waals surface area (Å²) in [6.07, 6.45) is 0.930. The number of anilines is 2. The first-order valence-electron chi connectivity index (χ1n) is 14.2. The Balaban J connectivity index is 1.37. The maximum atomic E-state index is 13.3. The standard InChI is InChI=1S/C32H38N6O4/c1-20-9-10-21(17-25(20)30(33)39)38-29(18-28(37-38)32(2,3)4)36-31(40)35-26-11-12-27(24-8-6-5-7-23(24)26)42-15-13-22-19-34-14-16-41-22/h5-12,17-18,22,34H,13-16,19H2,1-4H3,(H2,33,39)(H2,35,36,40). The number of primary amides is 1. The molecule has 5 N–H and O–H groups in total. The summed E-state index contributed by atoms with van der Waals surface area (Å²) in [5.74, 6) is 0.682. The Morgan fingerprint density at radius 3 is 2.60 bits per heavy atom. The van der Waals surface area contributed by atoms with E-state index in [0.29, 0.717) is 36.0 Å². The van der Waals surface area contributed by atoms with Crippen LogP contribution in [0.3, 0.4) is 0 Å². The lowest BCUT2D eigenvalue weighted by atomic mass is 9.92. The number of urea groups is 1. The van der Waals surface area contributed by atoms with Crippen molar-refractivity contribution in [2.45, 2.75) is 45.6 Å². The highest BCUT2D eigenvalue weighted by atomic mass is 16.5. The first-order valence-corrected chi connectivity index (χ1v) is 14.2. The zero-order valence-corrected chi connectivity index (χ0v) is 24.5. The maximum Gasteiger partial charge on any atom is 0.324 e. The molecule has 1 aliphatic rings. The van der Waals surface area contributed by atoms with E-state index in [1.165, 1.54) is 0 Å². The van der Waals surface area contributed by atoms with Gasteiger partial charge < -0.3 is 25.8 Å². The Hall–Kier alpha value is -4.41. The molecule has 10 heteroatoms. The molecule has 1 fully saturated rings. The number of nitrogens with zero attached hydrogens (tertiary/aromatic N) is 2. The molecule has 3 aromatic carbocycles. The molecule has 0 spiro atoms. The normalized spacial score (nSPS) is 15.4. The number of fused-ring (bicyclic) bond motifs is 1. The molecule has 0 saturated carbocycles. The van der Waals surface area contributed by atoms with E-state index in [4.69, 9.17) is 20.3 Å². The lowest BCUT2D eigenvalue weighted by Gasteiger charge is -2.23. The molecule has 5 rings (SSSR count). The monoisotopic (exact) mass is 570 g/mol. The van der Waals surface area contributed by atoms with Gasteiger partial charge in [0.2, 0.25) is 5.91 Å². The van der Waals surface area contributed by atoms with Crippen LogP contribution in [0, 0.1) is 6.92 Å². The van der Waals surface area contributed by atoms with Crippen molar-refractivity contribution in [2.24, 2.45) is 5.73 Å². The quantitative estimate of drug-likeness (QED) is 0.232. The van der Waals surface area contributed by atoms with E-state index in [0.717, 1.165) is 47.3 Å². The zero-order chi connectivity index (χ0) is 29.9. The molecule has 1 atom stereocenters. The van der Waals surface area contributed by atoms with E-state index in [-0.39, 0.29) is 11.5 Å². The van der Waals surface area contributed by atoms with Crippen LogP contribution in [0.1, 0.15) is 48.8 Å². The molecule has 1 saturated heterocycles.